The second-order valence-corrected chi connectivity index (χ2v) is 8.91. The number of halogens is 5. The predicted molar refractivity (Wildman–Crippen MR) is 103 cm³/mol. The van der Waals surface area contributed by atoms with Gasteiger partial charge >= 0.3 is 6.18 Å². The number of aryl methyl sites for hydroxylation is 1. The van der Waals surface area contributed by atoms with Gasteiger partial charge in [-0.05, 0) is 24.3 Å². The molecule has 0 fully saturated rings. The fourth-order valence-corrected chi connectivity index (χ4v) is 4.06. The van der Waals surface area contributed by atoms with E-state index in [9.17, 15) is 30.4 Å². The van der Waals surface area contributed by atoms with Crippen molar-refractivity contribution in [2.24, 2.45) is 7.05 Å². The molecule has 0 unspecified atom stereocenters. The Labute approximate surface area is 174 Å². The number of rotatable bonds is 7. The maximum atomic E-state index is 13.0. The molecule has 0 spiro atoms. The van der Waals surface area contributed by atoms with E-state index in [2.05, 4.69) is 9.97 Å². The van der Waals surface area contributed by atoms with Gasteiger partial charge in [0, 0.05) is 12.6 Å². The van der Waals surface area contributed by atoms with Crippen LogP contribution in [0.2, 0.25) is 0 Å². The average Bonchev–Trinajstić information content (AvgIpc) is 3.07. The fourth-order valence-electron chi connectivity index (χ4n) is 2.95. The molecule has 0 bridgehead atoms. The summed E-state index contributed by atoms with van der Waals surface area (Å²) in [5, 5.41) is 0. The molecular formula is C19H18F5N3O3S. The van der Waals surface area contributed by atoms with Crippen molar-refractivity contribution in [1.29, 1.82) is 0 Å². The van der Waals surface area contributed by atoms with Crippen molar-refractivity contribution in [3.63, 3.8) is 0 Å². The SMILES string of the molecule is CCS(=O)(=O)c1cc(OC(CF)CF)ccc1-c1nc2cc(C(F)(F)F)ncc2n1C. The maximum Gasteiger partial charge on any atom is 0.433 e. The summed E-state index contributed by atoms with van der Waals surface area (Å²) in [5.74, 6) is -0.263. The number of aromatic nitrogens is 3. The molecule has 1 aromatic carbocycles. The van der Waals surface area contributed by atoms with Crippen molar-refractivity contribution < 1.29 is 35.1 Å². The van der Waals surface area contributed by atoms with Crippen LogP contribution in [-0.4, -0.2) is 48.2 Å². The molecule has 0 saturated heterocycles. The zero-order valence-electron chi connectivity index (χ0n) is 16.4. The summed E-state index contributed by atoms with van der Waals surface area (Å²) in [5.41, 5.74) is -0.773. The van der Waals surface area contributed by atoms with E-state index in [0.29, 0.717) is 0 Å². The molecule has 2 heterocycles. The zero-order valence-corrected chi connectivity index (χ0v) is 17.3. The van der Waals surface area contributed by atoms with Gasteiger partial charge in [0.25, 0.3) is 0 Å². The number of hydrogen-bond acceptors (Lipinski definition) is 5. The van der Waals surface area contributed by atoms with Gasteiger partial charge in [-0.1, -0.05) is 6.92 Å². The lowest BCUT2D eigenvalue weighted by atomic mass is 10.2. The number of alkyl halides is 5. The van der Waals surface area contributed by atoms with Gasteiger partial charge in [0.05, 0.1) is 27.9 Å². The van der Waals surface area contributed by atoms with E-state index in [1.165, 1.54) is 30.7 Å². The quantitative estimate of drug-likeness (QED) is 0.493. The summed E-state index contributed by atoms with van der Waals surface area (Å²) >= 11 is 0. The largest absolute Gasteiger partial charge is 0.485 e. The molecule has 0 saturated carbocycles. The molecule has 31 heavy (non-hydrogen) atoms. The fraction of sp³-hybridized carbons (Fsp3) is 0.368. The van der Waals surface area contributed by atoms with Crippen molar-refractivity contribution in [1.82, 2.24) is 14.5 Å². The standard InChI is InChI=1S/C19H18F5N3O3S/c1-3-31(28,29)16-6-11(30-12(8-20)9-21)4-5-13(16)18-26-14-7-17(19(22,23)24)25-10-15(14)27(18)2/h4-7,10,12H,3,8-9H2,1-2H3. The lowest BCUT2D eigenvalue weighted by Crippen LogP contribution is -2.21. The molecule has 3 aromatic rings. The maximum absolute atomic E-state index is 13.0. The molecular weight excluding hydrogens is 445 g/mol. The lowest BCUT2D eigenvalue weighted by molar-refractivity contribution is -0.141. The molecule has 0 amide bonds. The molecule has 0 aliphatic carbocycles. The number of benzene rings is 1. The van der Waals surface area contributed by atoms with Gasteiger partial charge in [0.15, 0.2) is 15.9 Å². The monoisotopic (exact) mass is 463 g/mol. The Bertz CT molecular complexity index is 1200. The first-order chi connectivity index (χ1) is 14.5. The third kappa shape index (κ3) is 4.48. The molecule has 12 heteroatoms. The summed E-state index contributed by atoms with van der Waals surface area (Å²) in [6.07, 6.45) is -5.04. The van der Waals surface area contributed by atoms with Crippen LogP contribution in [0.1, 0.15) is 12.6 Å². The van der Waals surface area contributed by atoms with Crippen molar-refractivity contribution >= 4 is 20.9 Å². The highest BCUT2D eigenvalue weighted by molar-refractivity contribution is 7.91. The van der Waals surface area contributed by atoms with Gasteiger partial charge in [0.2, 0.25) is 0 Å². The highest BCUT2D eigenvalue weighted by Crippen LogP contribution is 2.34. The Morgan fingerprint density at radius 3 is 2.42 bits per heavy atom. The summed E-state index contributed by atoms with van der Waals surface area (Å²) < 4.78 is 96.4. The number of sulfone groups is 1. The van der Waals surface area contributed by atoms with Crippen LogP contribution in [0.5, 0.6) is 5.75 Å². The van der Waals surface area contributed by atoms with E-state index in [1.807, 2.05) is 0 Å². The van der Waals surface area contributed by atoms with Crippen LogP contribution in [0.4, 0.5) is 22.0 Å². The second kappa shape index (κ2) is 8.40. The van der Waals surface area contributed by atoms with Gasteiger partial charge in [-0.25, -0.2) is 27.2 Å². The summed E-state index contributed by atoms with van der Waals surface area (Å²) in [7, 11) is -2.34. The predicted octanol–water partition coefficient (Wildman–Crippen LogP) is 4.13. The van der Waals surface area contributed by atoms with E-state index in [-0.39, 0.29) is 38.8 Å². The van der Waals surface area contributed by atoms with Crippen molar-refractivity contribution in [3.8, 4) is 17.1 Å². The summed E-state index contributed by atoms with van der Waals surface area (Å²) in [6, 6.07) is 4.56. The Morgan fingerprint density at radius 2 is 1.84 bits per heavy atom. The molecule has 0 N–H and O–H groups in total. The Kier molecular flexibility index (Phi) is 6.21. The normalized spacial score (nSPS) is 12.6. The number of ether oxygens (including phenoxy) is 1. The van der Waals surface area contributed by atoms with Gasteiger partial charge in [0.1, 0.15) is 30.6 Å². The second-order valence-electron chi connectivity index (χ2n) is 6.66. The Balaban J connectivity index is 2.19. The smallest absolute Gasteiger partial charge is 0.433 e. The first-order valence-electron chi connectivity index (χ1n) is 9.07. The van der Waals surface area contributed by atoms with E-state index in [1.54, 1.807) is 0 Å². The molecule has 0 atom stereocenters. The topological polar surface area (TPSA) is 74.1 Å². The van der Waals surface area contributed by atoms with Crippen LogP contribution in [0, 0.1) is 0 Å². The first-order valence-corrected chi connectivity index (χ1v) is 10.7. The number of imidazole rings is 1. The van der Waals surface area contributed by atoms with Gasteiger partial charge in [-0.2, -0.15) is 13.2 Å². The molecule has 0 aliphatic heterocycles. The molecule has 3 rings (SSSR count). The van der Waals surface area contributed by atoms with E-state index in [4.69, 9.17) is 4.74 Å². The van der Waals surface area contributed by atoms with Gasteiger partial charge < -0.3 is 9.30 Å². The number of pyridine rings is 1. The molecule has 0 aliphatic rings. The highest BCUT2D eigenvalue weighted by atomic mass is 32.2. The number of hydrogen-bond donors (Lipinski definition) is 0. The number of fused-ring (bicyclic) bond motifs is 1. The zero-order chi connectivity index (χ0) is 23.0. The van der Waals surface area contributed by atoms with Gasteiger partial charge in [-0.15, -0.1) is 0 Å². The van der Waals surface area contributed by atoms with Crippen molar-refractivity contribution in [3.05, 3.63) is 36.2 Å². The Morgan fingerprint density at radius 1 is 1.16 bits per heavy atom. The highest BCUT2D eigenvalue weighted by Gasteiger charge is 2.33. The van der Waals surface area contributed by atoms with Crippen LogP contribution in [-0.2, 0) is 23.1 Å². The van der Waals surface area contributed by atoms with Crippen LogP contribution < -0.4 is 4.74 Å². The van der Waals surface area contributed by atoms with Crippen LogP contribution in [0.25, 0.3) is 22.4 Å². The third-order valence-corrected chi connectivity index (χ3v) is 6.38. The molecule has 6 nitrogen and oxygen atoms in total. The third-order valence-electron chi connectivity index (χ3n) is 4.61. The van der Waals surface area contributed by atoms with Crippen molar-refractivity contribution in [2.45, 2.75) is 24.1 Å². The minimum Gasteiger partial charge on any atom is -0.485 e. The van der Waals surface area contributed by atoms with Crippen molar-refractivity contribution in [2.75, 3.05) is 19.1 Å². The van der Waals surface area contributed by atoms with Gasteiger partial charge in [-0.3, -0.25) is 0 Å². The minimum atomic E-state index is -4.66. The molecule has 168 valence electrons. The summed E-state index contributed by atoms with van der Waals surface area (Å²) in [6.45, 7) is -0.798. The van der Waals surface area contributed by atoms with E-state index >= 15 is 0 Å². The van der Waals surface area contributed by atoms with E-state index < -0.39 is 41.2 Å². The summed E-state index contributed by atoms with van der Waals surface area (Å²) in [4.78, 5) is 7.37. The molecule has 2 aromatic heterocycles. The van der Waals surface area contributed by atoms with Crippen LogP contribution in [0.3, 0.4) is 0 Å². The molecule has 0 radical (unpaired) electrons. The van der Waals surface area contributed by atoms with E-state index in [0.717, 1.165) is 18.3 Å². The Hall–Kier alpha value is -2.76. The minimum absolute atomic E-state index is 0.0186. The van der Waals surface area contributed by atoms with Crippen LogP contribution >= 0.6 is 0 Å². The lowest BCUT2D eigenvalue weighted by Gasteiger charge is -2.15. The average molecular weight is 463 g/mol. The van der Waals surface area contributed by atoms with Crippen LogP contribution in [0.15, 0.2) is 35.4 Å². The number of nitrogens with zero attached hydrogens (tertiary/aromatic N) is 3. The first kappa shape index (κ1) is 22.9.